The van der Waals surface area contributed by atoms with Gasteiger partial charge in [-0.15, -0.1) is 6.58 Å². The van der Waals surface area contributed by atoms with E-state index in [1.54, 1.807) is 20.0 Å². The molecule has 2 fully saturated rings. The number of nitrogens with one attached hydrogen (secondary N) is 3. The van der Waals surface area contributed by atoms with Crippen LogP contribution in [0, 0.1) is 11.3 Å². The van der Waals surface area contributed by atoms with Crippen LogP contribution in [-0.2, 0) is 19.2 Å². The Morgan fingerprint density at radius 3 is 1.92 bits per heavy atom. The molecule has 0 radical (unpaired) electrons. The number of carbonyl (C=O) groups excluding carboxylic acids is 4. The van der Waals surface area contributed by atoms with Crippen LogP contribution < -0.4 is 16.0 Å². The maximum atomic E-state index is 12.1. The standard InChI is InChI=1S/C13H22N2O2.C7H15NO.C4H7NO.C3H8.CH4O/c1-9(16)11(8-10-5-6-10)14-13(17)12-4-3-7-15(12)2;1-7(2,3)6(5-9)8-4;1-2-3-5-4-6;1-3-2;1-2/h10-12H,3-8H2,1-2H3,(H,14,17);5-6,8H,1-4H3;2,4H,1,3H2,(H,5,6);3H2,1-2H3;2H,1H3. The molecular formula is C28H56N4O5. The second-order valence-corrected chi connectivity index (χ2v) is 10.3. The third-order valence-electron chi connectivity index (χ3n) is 5.62. The Balaban J connectivity index is -0.000000488. The Bertz CT molecular complexity index is 610. The van der Waals surface area contributed by atoms with Crippen LogP contribution in [0.2, 0.25) is 0 Å². The monoisotopic (exact) mass is 528 g/mol. The Morgan fingerprint density at radius 2 is 1.68 bits per heavy atom. The molecule has 3 atom stereocenters. The van der Waals surface area contributed by atoms with Crippen LogP contribution in [0.25, 0.3) is 0 Å². The van der Waals surface area contributed by atoms with Crippen LogP contribution >= 0.6 is 0 Å². The zero-order valence-corrected chi connectivity index (χ0v) is 24.9. The molecule has 0 aromatic rings. The fraction of sp³-hybridized carbons (Fsp3) is 0.786. The van der Waals surface area contributed by atoms with Crippen molar-refractivity contribution in [2.45, 2.75) is 98.2 Å². The number of likely N-dealkylation sites (N-methyl/N-ethyl adjacent to an activating group) is 2. The SMILES string of the molecule is C=CCNC=O.CC(=O)C(CC1CC1)NC(=O)C1CCCN1C.CCC.CNC(C=O)C(C)(C)C.CO. The zero-order chi connectivity index (χ0) is 29.4. The quantitative estimate of drug-likeness (QED) is 0.195. The lowest BCUT2D eigenvalue weighted by molar-refractivity contribution is -0.129. The van der Waals surface area contributed by atoms with Gasteiger partial charge < -0.3 is 25.9 Å². The number of carbonyl (C=O) groups is 4. The number of hydrogen-bond donors (Lipinski definition) is 4. The molecule has 9 heteroatoms. The van der Waals surface area contributed by atoms with E-state index in [1.807, 2.05) is 27.8 Å². The number of aliphatic hydroxyl groups excluding tert-OH is 1. The molecule has 2 rings (SSSR count). The van der Waals surface area contributed by atoms with Gasteiger partial charge in [-0.2, -0.15) is 0 Å². The van der Waals surface area contributed by atoms with Crippen molar-refractivity contribution in [2.24, 2.45) is 11.3 Å². The van der Waals surface area contributed by atoms with E-state index in [0.717, 1.165) is 39.2 Å². The molecule has 37 heavy (non-hydrogen) atoms. The summed E-state index contributed by atoms with van der Waals surface area (Å²) in [6.07, 6.45) is 9.69. The number of rotatable bonds is 10. The molecule has 2 amide bonds. The molecule has 9 nitrogen and oxygen atoms in total. The fourth-order valence-corrected chi connectivity index (χ4v) is 3.36. The first-order valence-electron chi connectivity index (χ1n) is 13.3. The van der Waals surface area contributed by atoms with Gasteiger partial charge in [-0.05, 0) is 58.2 Å². The first-order chi connectivity index (χ1) is 17.4. The Hall–Kier alpha value is -2.10. The summed E-state index contributed by atoms with van der Waals surface area (Å²) in [6, 6.07) is -0.322. The number of aliphatic hydroxyl groups is 1. The highest BCUT2D eigenvalue weighted by Gasteiger charge is 2.32. The first-order valence-corrected chi connectivity index (χ1v) is 13.3. The van der Waals surface area contributed by atoms with Crippen molar-refractivity contribution in [2.75, 3.05) is 34.3 Å². The van der Waals surface area contributed by atoms with Crippen LogP contribution in [0.1, 0.15) is 80.1 Å². The summed E-state index contributed by atoms with van der Waals surface area (Å²) in [6.45, 7) is 16.8. The van der Waals surface area contributed by atoms with E-state index in [1.165, 1.54) is 19.3 Å². The third-order valence-corrected chi connectivity index (χ3v) is 5.62. The number of likely N-dealkylation sites (tertiary alicyclic amines) is 1. The molecule has 0 aromatic heterocycles. The van der Waals surface area contributed by atoms with Crippen molar-refractivity contribution in [3.05, 3.63) is 12.7 Å². The molecule has 218 valence electrons. The van der Waals surface area contributed by atoms with Gasteiger partial charge in [0.1, 0.15) is 6.29 Å². The van der Waals surface area contributed by atoms with E-state index >= 15 is 0 Å². The van der Waals surface area contributed by atoms with Gasteiger partial charge in [-0.25, -0.2) is 0 Å². The van der Waals surface area contributed by atoms with E-state index in [2.05, 4.69) is 41.3 Å². The molecular weight excluding hydrogens is 472 g/mol. The smallest absolute Gasteiger partial charge is 0.237 e. The summed E-state index contributed by atoms with van der Waals surface area (Å²) in [5.41, 5.74) is 0.0382. The number of ketones is 1. The largest absolute Gasteiger partial charge is 0.400 e. The van der Waals surface area contributed by atoms with E-state index in [-0.39, 0.29) is 35.2 Å². The first kappa shape index (κ1) is 39.4. The minimum atomic E-state index is -0.260. The fourth-order valence-electron chi connectivity index (χ4n) is 3.36. The Labute approximate surface area is 226 Å². The maximum absolute atomic E-state index is 12.1. The lowest BCUT2D eigenvalue weighted by Gasteiger charge is -2.24. The predicted octanol–water partition coefficient (Wildman–Crippen LogP) is 2.72. The average molecular weight is 529 g/mol. The molecule has 1 heterocycles. The summed E-state index contributed by atoms with van der Waals surface area (Å²) in [5.74, 6) is 0.780. The van der Waals surface area contributed by atoms with Crippen LogP contribution in [0.5, 0.6) is 0 Å². The van der Waals surface area contributed by atoms with Gasteiger partial charge in [0.25, 0.3) is 0 Å². The van der Waals surface area contributed by atoms with Crippen molar-refractivity contribution in [1.29, 1.82) is 0 Å². The van der Waals surface area contributed by atoms with Gasteiger partial charge in [-0.3, -0.25) is 19.3 Å². The van der Waals surface area contributed by atoms with Gasteiger partial charge in [-0.1, -0.05) is 60.0 Å². The predicted molar refractivity (Wildman–Crippen MR) is 152 cm³/mol. The number of amides is 2. The Morgan fingerprint density at radius 1 is 1.14 bits per heavy atom. The van der Waals surface area contributed by atoms with Gasteiger partial charge in [0, 0.05) is 13.7 Å². The Kier molecular flexibility index (Phi) is 25.8. The molecule has 1 saturated heterocycles. The van der Waals surface area contributed by atoms with Crippen molar-refractivity contribution in [3.63, 3.8) is 0 Å². The maximum Gasteiger partial charge on any atom is 0.237 e. The van der Waals surface area contributed by atoms with E-state index in [4.69, 9.17) is 5.11 Å². The second kappa shape index (κ2) is 24.2. The van der Waals surface area contributed by atoms with Crippen LogP contribution in [-0.4, -0.2) is 86.8 Å². The summed E-state index contributed by atoms with van der Waals surface area (Å²) >= 11 is 0. The third kappa shape index (κ3) is 21.7. The molecule has 0 aromatic carbocycles. The average Bonchev–Trinajstić information content (AvgIpc) is 3.56. The summed E-state index contributed by atoms with van der Waals surface area (Å²) in [7, 11) is 4.77. The lowest BCUT2D eigenvalue weighted by atomic mass is 9.88. The van der Waals surface area contributed by atoms with Crippen LogP contribution in [0.3, 0.4) is 0 Å². The molecule has 1 saturated carbocycles. The molecule has 4 N–H and O–H groups in total. The molecule has 3 unspecified atom stereocenters. The second-order valence-electron chi connectivity index (χ2n) is 10.3. The number of Topliss-reactive ketones (excluding diaryl/α,β-unsaturated/α-hetero) is 1. The normalized spacial score (nSPS) is 17.7. The number of hydrogen-bond acceptors (Lipinski definition) is 7. The van der Waals surface area contributed by atoms with Crippen LogP contribution in [0.4, 0.5) is 0 Å². The van der Waals surface area contributed by atoms with Crippen molar-refractivity contribution in [1.82, 2.24) is 20.9 Å². The van der Waals surface area contributed by atoms with Gasteiger partial charge in [0.05, 0.1) is 18.1 Å². The zero-order valence-electron chi connectivity index (χ0n) is 24.9. The number of aldehydes is 1. The molecule has 0 spiro atoms. The topological polar surface area (TPSA) is 128 Å². The highest BCUT2D eigenvalue weighted by Crippen LogP contribution is 2.33. The molecule has 1 aliphatic heterocycles. The minimum Gasteiger partial charge on any atom is -0.400 e. The summed E-state index contributed by atoms with van der Waals surface area (Å²) in [5, 5.41) is 15.3. The molecule has 1 aliphatic carbocycles. The van der Waals surface area contributed by atoms with Gasteiger partial charge >= 0.3 is 0 Å². The summed E-state index contributed by atoms with van der Waals surface area (Å²) < 4.78 is 0. The van der Waals surface area contributed by atoms with E-state index in [0.29, 0.717) is 18.9 Å². The van der Waals surface area contributed by atoms with E-state index < -0.39 is 0 Å². The number of nitrogens with zero attached hydrogens (tertiary/aromatic N) is 1. The van der Waals surface area contributed by atoms with Crippen molar-refractivity contribution >= 4 is 24.4 Å². The summed E-state index contributed by atoms with van der Waals surface area (Å²) in [4.78, 5) is 45.4. The molecule has 2 aliphatic rings. The highest BCUT2D eigenvalue weighted by atomic mass is 16.2. The van der Waals surface area contributed by atoms with Crippen molar-refractivity contribution in [3.8, 4) is 0 Å². The minimum absolute atomic E-state index is 0.0301. The van der Waals surface area contributed by atoms with Crippen molar-refractivity contribution < 1.29 is 24.3 Å². The lowest BCUT2D eigenvalue weighted by Crippen LogP contribution is -2.48. The highest BCUT2D eigenvalue weighted by molar-refractivity contribution is 5.89. The van der Waals surface area contributed by atoms with E-state index in [9.17, 15) is 19.2 Å². The molecule has 0 bridgehead atoms. The van der Waals surface area contributed by atoms with Crippen LogP contribution in [0.15, 0.2) is 12.7 Å². The van der Waals surface area contributed by atoms with Gasteiger partial charge in [0.2, 0.25) is 12.3 Å². The van der Waals surface area contributed by atoms with Gasteiger partial charge in [0.15, 0.2) is 5.78 Å².